The molecule has 2 aromatic carbocycles. The van der Waals surface area contributed by atoms with Crippen molar-refractivity contribution in [2.45, 2.75) is 13.0 Å². The molecule has 0 bridgehead atoms. The second kappa shape index (κ2) is 7.09. The Hall–Kier alpha value is -4.40. The van der Waals surface area contributed by atoms with Crippen LogP contribution in [-0.4, -0.2) is 15.8 Å². The van der Waals surface area contributed by atoms with Crippen molar-refractivity contribution < 1.29 is 18.5 Å². The minimum absolute atomic E-state index is 0.00233. The molecule has 8 nitrogen and oxygen atoms in total. The van der Waals surface area contributed by atoms with Crippen LogP contribution in [0.5, 0.6) is 0 Å². The molecule has 0 unspecified atom stereocenters. The fourth-order valence-electron chi connectivity index (χ4n) is 3.94. The lowest BCUT2D eigenvalue weighted by molar-refractivity contribution is -0.384. The van der Waals surface area contributed by atoms with Crippen LogP contribution in [0.1, 0.15) is 33.4 Å². The molecule has 0 aliphatic carbocycles. The average Bonchev–Trinajstić information content (AvgIpc) is 3.07. The first-order chi connectivity index (χ1) is 15.3. The highest BCUT2D eigenvalue weighted by Crippen LogP contribution is 2.41. The molecule has 5 rings (SSSR count). The number of nitrogens with zero attached hydrogens (tertiary/aromatic N) is 3. The summed E-state index contributed by atoms with van der Waals surface area (Å²) in [5, 5.41) is 11.1. The molecule has 3 heterocycles. The standard InChI is InChI=1S/C23H14FN3O5/c1-12-3-2-4-18(25-12)26-20(13-5-8-15(9-6-13)27(30)31)19-21(28)16-11-14(24)7-10-17(16)32-22(19)23(26)29/h2-11,20H,1H3/t20-/m0/s1. The Labute approximate surface area is 179 Å². The van der Waals surface area contributed by atoms with Gasteiger partial charge in [-0.15, -0.1) is 0 Å². The number of amides is 1. The Morgan fingerprint density at radius 1 is 1.09 bits per heavy atom. The maximum Gasteiger partial charge on any atom is 0.296 e. The molecule has 0 fully saturated rings. The van der Waals surface area contributed by atoms with E-state index in [1.54, 1.807) is 25.1 Å². The van der Waals surface area contributed by atoms with E-state index in [-0.39, 0.29) is 28.0 Å². The fourth-order valence-corrected chi connectivity index (χ4v) is 3.94. The summed E-state index contributed by atoms with van der Waals surface area (Å²) < 4.78 is 19.6. The first-order valence-electron chi connectivity index (χ1n) is 9.63. The Kier molecular flexibility index (Phi) is 4.33. The molecule has 1 aliphatic heterocycles. The Bertz CT molecular complexity index is 1480. The van der Waals surface area contributed by atoms with Crippen molar-refractivity contribution in [1.82, 2.24) is 4.98 Å². The largest absolute Gasteiger partial charge is 0.450 e. The summed E-state index contributed by atoms with van der Waals surface area (Å²) in [6, 6.07) is 13.2. The number of benzene rings is 2. The Morgan fingerprint density at radius 2 is 1.84 bits per heavy atom. The monoisotopic (exact) mass is 431 g/mol. The average molecular weight is 431 g/mol. The number of aryl methyl sites for hydroxylation is 1. The molecule has 32 heavy (non-hydrogen) atoms. The highest BCUT2D eigenvalue weighted by molar-refractivity contribution is 6.10. The van der Waals surface area contributed by atoms with Gasteiger partial charge in [-0.2, -0.15) is 0 Å². The zero-order valence-corrected chi connectivity index (χ0v) is 16.6. The van der Waals surface area contributed by atoms with Crippen molar-refractivity contribution in [3.63, 3.8) is 0 Å². The van der Waals surface area contributed by atoms with E-state index in [1.165, 1.54) is 35.2 Å². The minimum atomic E-state index is -0.948. The number of pyridine rings is 1. The number of hydrogen-bond donors (Lipinski definition) is 0. The zero-order valence-electron chi connectivity index (χ0n) is 16.6. The molecule has 1 amide bonds. The van der Waals surface area contributed by atoms with Gasteiger partial charge in [-0.25, -0.2) is 9.37 Å². The molecule has 1 aliphatic rings. The summed E-state index contributed by atoms with van der Waals surface area (Å²) in [5.41, 5.74) is 0.545. The molecule has 0 spiro atoms. The van der Waals surface area contributed by atoms with Crippen molar-refractivity contribution in [3.8, 4) is 0 Å². The van der Waals surface area contributed by atoms with Crippen molar-refractivity contribution >= 4 is 28.4 Å². The van der Waals surface area contributed by atoms with Gasteiger partial charge in [0.05, 0.1) is 21.9 Å². The van der Waals surface area contributed by atoms with Gasteiger partial charge in [0.25, 0.3) is 11.6 Å². The van der Waals surface area contributed by atoms with Crippen LogP contribution < -0.4 is 10.3 Å². The van der Waals surface area contributed by atoms with Gasteiger partial charge in [0.2, 0.25) is 5.76 Å². The Morgan fingerprint density at radius 3 is 2.53 bits per heavy atom. The van der Waals surface area contributed by atoms with Crippen molar-refractivity contribution in [2.24, 2.45) is 0 Å². The molecule has 4 aromatic rings. The van der Waals surface area contributed by atoms with E-state index < -0.39 is 28.1 Å². The zero-order chi connectivity index (χ0) is 22.6. The van der Waals surface area contributed by atoms with Gasteiger partial charge >= 0.3 is 0 Å². The highest BCUT2D eigenvalue weighted by atomic mass is 19.1. The number of non-ortho nitro benzene ring substituents is 1. The third-order valence-corrected chi connectivity index (χ3v) is 5.37. The summed E-state index contributed by atoms with van der Waals surface area (Å²) in [6.45, 7) is 1.76. The predicted octanol–water partition coefficient (Wildman–Crippen LogP) is 4.29. The number of carbonyl (C=O) groups is 1. The van der Waals surface area contributed by atoms with Crippen LogP contribution >= 0.6 is 0 Å². The molecule has 2 aromatic heterocycles. The van der Waals surface area contributed by atoms with Crippen LogP contribution in [0.4, 0.5) is 15.9 Å². The van der Waals surface area contributed by atoms with Crippen LogP contribution in [0, 0.1) is 22.9 Å². The number of rotatable bonds is 3. The first-order valence-corrected chi connectivity index (χ1v) is 9.63. The SMILES string of the molecule is Cc1cccc(N2C(=O)c3oc4ccc(F)cc4c(=O)c3[C@@H]2c2ccc([N+](=O)[O-])cc2)n1. The predicted molar refractivity (Wildman–Crippen MR) is 113 cm³/mol. The lowest BCUT2D eigenvalue weighted by atomic mass is 9.98. The molecule has 0 N–H and O–H groups in total. The molecule has 158 valence electrons. The van der Waals surface area contributed by atoms with Gasteiger partial charge in [-0.05, 0) is 55.0 Å². The van der Waals surface area contributed by atoms with Crippen molar-refractivity contribution in [2.75, 3.05) is 4.90 Å². The van der Waals surface area contributed by atoms with Gasteiger partial charge < -0.3 is 4.42 Å². The molecular formula is C23H14FN3O5. The van der Waals surface area contributed by atoms with Crippen molar-refractivity contribution in [1.29, 1.82) is 0 Å². The number of hydrogen-bond acceptors (Lipinski definition) is 6. The number of nitro groups is 1. The van der Waals surface area contributed by atoms with E-state index >= 15 is 0 Å². The first kappa shape index (κ1) is 19.6. The van der Waals surface area contributed by atoms with E-state index in [9.17, 15) is 24.1 Å². The van der Waals surface area contributed by atoms with Crippen LogP contribution in [0.2, 0.25) is 0 Å². The maximum atomic E-state index is 13.8. The topological polar surface area (TPSA) is 107 Å². The van der Waals surface area contributed by atoms with Crippen LogP contribution in [-0.2, 0) is 0 Å². The van der Waals surface area contributed by atoms with Gasteiger partial charge in [-0.3, -0.25) is 24.6 Å². The molecular weight excluding hydrogens is 417 g/mol. The quantitative estimate of drug-likeness (QED) is 0.354. The lowest BCUT2D eigenvalue weighted by Crippen LogP contribution is -2.30. The number of nitro benzene ring substituents is 1. The summed E-state index contributed by atoms with van der Waals surface area (Å²) in [6.07, 6.45) is 0. The smallest absolute Gasteiger partial charge is 0.296 e. The highest BCUT2D eigenvalue weighted by Gasteiger charge is 2.44. The van der Waals surface area contributed by atoms with E-state index in [1.807, 2.05) is 0 Å². The third kappa shape index (κ3) is 2.94. The number of aromatic nitrogens is 1. The van der Waals surface area contributed by atoms with E-state index in [0.717, 1.165) is 12.1 Å². The van der Waals surface area contributed by atoms with Gasteiger partial charge in [0, 0.05) is 17.8 Å². The summed E-state index contributed by atoms with van der Waals surface area (Å²) >= 11 is 0. The minimum Gasteiger partial charge on any atom is -0.450 e. The van der Waals surface area contributed by atoms with Gasteiger partial charge in [0.1, 0.15) is 17.2 Å². The Balaban J connectivity index is 1.80. The second-order valence-corrected chi connectivity index (χ2v) is 7.38. The summed E-state index contributed by atoms with van der Waals surface area (Å²) in [5.74, 6) is -1.07. The maximum absolute atomic E-state index is 13.8. The number of fused-ring (bicyclic) bond motifs is 2. The van der Waals surface area contributed by atoms with E-state index in [2.05, 4.69) is 4.98 Å². The van der Waals surface area contributed by atoms with E-state index in [0.29, 0.717) is 17.1 Å². The summed E-state index contributed by atoms with van der Waals surface area (Å²) in [7, 11) is 0. The van der Waals surface area contributed by atoms with Crippen LogP contribution in [0.3, 0.4) is 0 Å². The number of halogens is 1. The normalized spacial score (nSPS) is 15.2. The molecule has 0 saturated heterocycles. The van der Waals surface area contributed by atoms with Crippen LogP contribution in [0.15, 0.2) is 69.9 Å². The van der Waals surface area contributed by atoms with Crippen LogP contribution in [0.25, 0.3) is 11.0 Å². The molecule has 9 heteroatoms. The molecule has 0 radical (unpaired) electrons. The van der Waals surface area contributed by atoms with Crippen molar-refractivity contribution in [3.05, 3.63) is 109 Å². The molecule has 1 atom stereocenters. The lowest BCUT2D eigenvalue weighted by Gasteiger charge is -2.24. The summed E-state index contributed by atoms with van der Waals surface area (Å²) in [4.78, 5) is 43.1. The van der Waals surface area contributed by atoms with Gasteiger partial charge in [-0.1, -0.05) is 6.07 Å². The number of anilines is 1. The van der Waals surface area contributed by atoms with E-state index in [4.69, 9.17) is 4.42 Å². The molecule has 0 saturated carbocycles. The number of carbonyl (C=O) groups excluding carboxylic acids is 1. The second-order valence-electron chi connectivity index (χ2n) is 7.38. The van der Waals surface area contributed by atoms with Gasteiger partial charge in [0.15, 0.2) is 5.43 Å². The third-order valence-electron chi connectivity index (χ3n) is 5.37. The fraction of sp³-hybridized carbons (Fsp3) is 0.0870.